The molecule has 0 aromatic heterocycles. The first-order chi connectivity index (χ1) is 17.5. The number of imide groups is 1. The van der Waals surface area contributed by atoms with Crippen LogP contribution < -0.4 is 0 Å². The number of carbonyl (C=O) groups excluding carboxylic acids is 2. The lowest BCUT2D eigenvalue weighted by Crippen LogP contribution is -2.30. The van der Waals surface area contributed by atoms with E-state index in [-0.39, 0.29) is 17.6 Å². The molecule has 0 bridgehead atoms. The maximum atomic E-state index is 12.8. The standard InChI is InChI=1S/C32H33NO3/c1-22-13-15-24(16-14-22)30(25-17-19-26(34)20-18-25)27(23-8-2-3-9-23)10-6-7-21-33-31(35)28-11-4-5-12-29(28)32(33)36/h4-5,11-20,23,34H,2-3,6-10,21H2,1H3/b30-27+. The van der Waals surface area contributed by atoms with Gasteiger partial charge in [0, 0.05) is 6.54 Å². The van der Waals surface area contributed by atoms with Gasteiger partial charge in [-0.15, -0.1) is 0 Å². The van der Waals surface area contributed by atoms with Crippen LogP contribution in [0.1, 0.15) is 82.4 Å². The molecule has 0 unspecified atom stereocenters. The predicted molar refractivity (Wildman–Crippen MR) is 143 cm³/mol. The second-order valence-corrected chi connectivity index (χ2v) is 10.1. The lowest BCUT2D eigenvalue weighted by Gasteiger charge is -2.23. The van der Waals surface area contributed by atoms with Crippen molar-refractivity contribution in [2.45, 2.75) is 51.9 Å². The Bertz CT molecular complexity index is 1200. The van der Waals surface area contributed by atoms with E-state index in [0.717, 1.165) is 24.8 Å². The molecule has 0 radical (unpaired) electrons. The van der Waals surface area contributed by atoms with Crippen molar-refractivity contribution >= 4 is 17.4 Å². The second-order valence-electron chi connectivity index (χ2n) is 10.1. The van der Waals surface area contributed by atoms with E-state index in [2.05, 4.69) is 31.2 Å². The summed E-state index contributed by atoms with van der Waals surface area (Å²) in [5.74, 6) is 0.456. The number of unbranched alkanes of at least 4 members (excludes halogenated alkanes) is 1. The summed E-state index contributed by atoms with van der Waals surface area (Å²) in [6.45, 7) is 2.55. The van der Waals surface area contributed by atoms with Gasteiger partial charge in [-0.2, -0.15) is 0 Å². The van der Waals surface area contributed by atoms with E-state index in [1.165, 1.54) is 52.9 Å². The van der Waals surface area contributed by atoms with E-state index in [1.807, 2.05) is 24.3 Å². The summed E-state index contributed by atoms with van der Waals surface area (Å²) in [6.07, 6.45) is 7.51. The first kappa shape index (κ1) is 24.1. The SMILES string of the molecule is Cc1ccc(/C(=C(/CCCCN2C(=O)c3ccccc3C2=O)C2CCCC2)c2ccc(O)cc2)cc1. The molecule has 2 amide bonds. The van der Waals surface area contributed by atoms with Crippen molar-refractivity contribution in [1.29, 1.82) is 0 Å². The molecule has 1 heterocycles. The topological polar surface area (TPSA) is 57.6 Å². The molecule has 184 valence electrons. The molecule has 1 aliphatic heterocycles. The van der Waals surface area contributed by atoms with E-state index in [0.29, 0.717) is 23.6 Å². The van der Waals surface area contributed by atoms with E-state index < -0.39 is 0 Å². The van der Waals surface area contributed by atoms with E-state index in [9.17, 15) is 14.7 Å². The van der Waals surface area contributed by atoms with Crippen molar-refractivity contribution in [3.63, 3.8) is 0 Å². The number of fused-ring (bicyclic) bond motifs is 1. The number of allylic oxidation sites excluding steroid dienone is 1. The first-order valence-electron chi connectivity index (χ1n) is 13.1. The van der Waals surface area contributed by atoms with Gasteiger partial charge in [0.25, 0.3) is 11.8 Å². The van der Waals surface area contributed by atoms with Crippen LogP contribution in [-0.4, -0.2) is 28.4 Å². The Morgan fingerprint density at radius 1 is 0.806 bits per heavy atom. The summed E-state index contributed by atoms with van der Waals surface area (Å²) in [5.41, 5.74) is 7.32. The lowest BCUT2D eigenvalue weighted by atomic mass is 9.83. The average molecular weight is 480 g/mol. The van der Waals surface area contributed by atoms with Crippen LogP contribution >= 0.6 is 0 Å². The Labute approximate surface area is 213 Å². The van der Waals surface area contributed by atoms with Crippen molar-refractivity contribution in [1.82, 2.24) is 4.90 Å². The van der Waals surface area contributed by atoms with Crippen molar-refractivity contribution < 1.29 is 14.7 Å². The van der Waals surface area contributed by atoms with E-state index in [4.69, 9.17) is 0 Å². The molecule has 1 saturated carbocycles. The van der Waals surface area contributed by atoms with Crippen LogP contribution in [0.4, 0.5) is 0 Å². The van der Waals surface area contributed by atoms with Crippen molar-refractivity contribution in [3.8, 4) is 5.75 Å². The van der Waals surface area contributed by atoms with Gasteiger partial charge in [-0.3, -0.25) is 14.5 Å². The van der Waals surface area contributed by atoms with Gasteiger partial charge in [0.1, 0.15) is 5.75 Å². The van der Waals surface area contributed by atoms with Gasteiger partial charge in [0.15, 0.2) is 0 Å². The molecule has 0 saturated heterocycles. The molecule has 1 fully saturated rings. The number of carbonyl (C=O) groups is 2. The summed E-state index contributed by atoms with van der Waals surface area (Å²) in [7, 11) is 0. The molecule has 1 N–H and O–H groups in total. The summed E-state index contributed by atoms with van der Waals surface area (Å²) >= 11 is 0. The van der Waals surface area contributed by atoms with Crippen molar-refractivity contribution in [2.75, 3.05) is 6.54 Å². The summed E-state index contributed by atoms with van der Waals surface area (Å²) in [6, 6.07) is 23.4. The zero-order chi connectivity index (χ0) is 25.1. The molecule has 36 heavy (non-hydrogen) atoms. The third-order valence-electron chi connectivity index (χ3n) is 7.62. The Kier molecular flexibility index (Phi) is 7.04. The van der Waals surface area contributed by atoms with Crippen molar-refractivity contribution in [3.05, 3.63) is 106 Å². The van der Waals surface area contributed by atoms with Gasteiger partial charge in [-0.1, -0.05) is 72.5 Å². The van der Waals surface area contributed by atoms with E-state index in [1.54, 1.807) is 24.3 Å². The molecular formula is C32H33NO3. The predicted octanol–water partition coefficient (Wildman–Crippen LogP) is 7.16. The molecule has 0 atom stereocenters. The number of benzene rings is 3. The maximum Gasteiger partial charge on any atom is 0.261 e. The second kappa shape index (κ2) is 10.5. The Morgan fingerprint density at radius 3 is 1.94 bits per heavy atom. The number of amides is 2. The summed E-state index contributed by atoms with van der Waals surface area (Å²) in [5, 5.41) is 9.90. The number of hydrogen-bond donors (Lipinski definition) is 1. The average Bonchev–Trinajstić information content (AvgIpc) is 3.51. The minimum atomic E-state index is -0.174. The number of aryl methyl sites for hydroxylation is 1. The fourth-order valence-electron chi connectivity index (χ4n) is 5.72. The van der Waals surface area contributed by atoms with Crippen LogP contribution in [-0.2, 0) is 0 Å². The third-order valence-corrected chi connectivity index (χ3v) is 7.62. The van der Waals surface area contributed by atoms with Crippen LogP contribution in [0.2, 0.25) is 0 Å². The number of rotatable bonds is 8. The molecule has 3 aromatic rings. The summed E-state index contributed by atoms with van der Waals surface area (Å²) < 4.78 is 0. The minimum Gasteiger partial charge on any atom is -0.508 e. The molecular weight excluding hydrogens is 446 g/mol. The largest absolute Gasteiger partial charge is 0.508 e. The molecule has 4 nitrogen and oxygen atoms in total. The van der Waals surface area contributed by atoms with Crippen LogP contribution in [0.5, 0.6) is 5.75 Å². The number of aromatic hydroxyl groups is 1. The highest BCUT2D eigenvalue weighted by molar-refractivity contribution is 6.21. The fourth-order valence-corrected chi connectivity index (χ4v) is 5.72. The Morgan fingerprint density at radius 2 is 1.36 bits per heavy atom. The smallest absolute Gasteiger partial charge is 0.261 e. The van der Waals surface area contributed by atoms with Gasteiger partial charge in [0.05, 0.1) is 11.1 Å². The number of phenolic OH excluding ortho intramolecular Hbond substituents is 1. The van der Waals surface area contributed by atoms with Gasteiger partial charge in [-0.25, -0.2) is 0 Å². The highest BCUT2D eigenvalue weighted by Crippen LogP contribution is 2.41. The maximum absolute atomic E-state index is 12.8. The number of nitrogens with zero attached hydrogens (tertiary/aromatic N) is 1. The zero-order valence-electron chi connectivity index (χ0n) is 20.9. The molecule has 3 aromatic carbocycles. The van der Waals surface area contributed by atoms with Crippen LogP contribution in [0.15, 0.2) is 78.4 Å². The first-order valence-corrected chi connectivity index (χ1v) is 13.1. The lowest BCUT2D eigenvalue weighted by molar-refractivity contribution is 0.0651. The van der Waals surface area contributed by atoms with Crippen LogP contribution in [0, 0.1) is 12.8 Å². The highest BCUT2D eigenvalue weighted by atomic mass is 16.3. The number of phenols is 1. The molecule has 5 rings (SSSR count). The monoisotopic (exact) mass is 479 g/mol. The van der Waals surface area contributed by atoms with Crippen LogP contribution in [0.25, 0.3) is 5.57 Å². The highest BCUT2D eigenvalue weighted by Gasteiger charge is 2.34. The normalized spacial score (nSPS) is 16.4. The third kappa shape index (κ3) is 4.86. The molecule has 4 heteroatoms. The van der Waals surface area contributed by atoms with Crippen molar-refractivity contribution in [2.24, 2.45) is 5.92 Å². The van der Waals surface area contributed by atoms with Crippen LogP contribution in [0.3, 0.4) is 0 Å². The molecule has 1 aliphatic carbocycles. The molecule has 2 aliphatic rings. The van der Waals surface area contributed by atoms with Gasteiger partial charge in [0.2, 0.25) is 0 Å². The Balaban J connectivity index is 1.40. The fraction of sp³-hybridized carbons (Fsp3) is 0.312. The van der Waals surface area contributed by atoms with Gasteiger partial charge < -0.3 is 5.11 Å². The van der Waals surface area contributed by atoms with Gasteiger partial charge in [-0.05, 0) is 85.9 Å². The Hall–Kier alpha value is -3.66. The van der Waals surface area contributed by atoms with Gasteiger partial charge >= 0.3 is 0 Å². The minimum absolute atomic E-state index is 0.174. The quantitative estimate of drug-likeness (QED) is 0.275. The number of hydrogen-bond acceptors (Lipinski definition) is 3. The molecule has 0 spiro atoms. The zero-order valence-corrected chi connectivity index (χ0v) is 20.9. The van der Waals surface area contributed by atoms with E-state index >= 15 is 0 Å². The summed E-state index contributed by atoms with van der Waals surface area (Å²) in [4.78, 5) is 26.9.